The molecular weight excluding hydrogens is 228 g/mol. The minimum absolute atomic E-state index is 0.0106. The number of hydrogen-bond donors (Lipinski definition) is 2. The normalized spacial score (nSPS) is 14.8. The van der Waals surface area contributed by atoms with Gasteiger partial charge in [-0.15, -0.1) is 0 Å². The summed E-state index contributed by atoms with van der Waals surface area (Å²) in [4.78, 5) is 11.7. The fraction of sp³-hybridized carbons (Fsp3) is 0.692. The minimum Gasteiger partial charge on any atom is -0.396 e. The first-order valence-electron chi connectivity index (χ1n) is 6.64. The van der Waals surface area contributed by atoms with Gasteiger partial charge in [-0.1, -0.05) is 12.8 Å². The highest BCUT2D eigenvalue weighted by Gasteiger charge is 2.20. The van der Waals surface area contributed by atoms with E-state index in [-0.39, 0.29) is 12.5 Å². The SMILES string of the molecule is Cc1nn(CC(=O)NCCCC2CC2)c(C)c1N. The Morgan fingerprint density at radius 1 is 1.50 bits per heavy atom. The second kappa shape index (κ2) is 5.42. The van der Waals surface area contributed by atoms with Crippen LogP contribution in [0.2, 0.25) is 0 Å². The molecule has 0 aromatic carbocycles. The molecule has 1 aromatic rings. The van der Waals surface area contributed by atoms with Crippen LogP contribution in [0.4, 0.5) is 5.69 Å². The summed E-state index contributed by atoms with van der Waals surface area (Å²) in [6.07, 6.45) is 5.07. The first kappa shape index (κ1) is 12.9. The summed E-state index contributed by atoms with van der Waals surface area (Å²) in [7, 11) is 0. The molecule has 1 amide bonds. The number of hydrogen-bond acceptors (Lipinski definition) is 3. The van der Waals surface area contributed by atoms with Crippen molar-refractivity contribution >= 4 is 11.6 Å². The average molecular weight is 250 g/mol. The van der Waals surface area contributed by atoms with Gasteiger partial charge < -0.3 is 11.1 Å². The number of nitrogens with one attached hydrogen (secondary N) is 1. The summed E-state index contributed by atoms with van der Waals surface area (Å²) < 4.78 is 1.67. The molecule has 1 fully saturated rings. The lowest BCUT2D eigenvalue weighted by Crippen LogP contribution is -2.29. The summed E-state index contributed by atoms with van der Waals surface area (Å²) in [6, 6.07) is 0. The van der Waals surface area contributed by atoms with Crippen molar-refractivity contribution in [3.05, 3.63) is 11.4 Å². The molecule has 0 spiro atoms. The zero-order valence-electron chi connectivity index (χ0n) is 11.2. The van der Waals surface area contributed by atoms with Crippen molar-refractivity contribution in [1.29, 1.82) is 0 Å². The van der Waals surface area contributed by atoms with Crippen LogP contribution in [0.1, 0.15) is 37.1 Å². The molecule has 5 heteroatoms. The molecule has 0 radical (unpaired) electrons. The largest absolute Gasteiger partial charge is 0.396 e. The van der Waals surface area contributed by atoms with Gasteiger partial charge in [-0.3, -0.25) is 9.48 Å². The van der Waals surface area contributed by atoms with Gasteiger partial charge in [0.25, 0.3) is 0 Å². The predicted molar refractivity (Wildman–Crippen MR) is 71.1 cm³/mol. The van der Waals surface area contributed by atoms with Crippen molar-refractivity contribution < 1.29 is 4.79 Å². The lowest BCUT2D eigenvalue weighted by atomic mass is 10.2. The molecule has 0 aliphatic heterocycles. The van der Waals surface area contributed by atoms with Crippen molar-refractivity contribution in [1.82, 2.24) is 15.1 Å². The molecule has 0 bridgehead atoms. The summed E-state index contributed by atoms with van der Waals surface area (Å²) in [5, 5.41) is 7.18. The van der Waals surface area contributed by atoms with Gasteiger partial charge in [0.2, 0.25) is 5.91 Å². The Kier molecular flexibility index (Phi) is 3.89. The van der Waals surface area contributed by atoms with E-state index in [9.17, 15) is 4.79 Å². The summed E-state index contributed by atoms with van der Waals surface area (Å²) >= 11 is 0. The maximum Gasteiger partial charge on any atom is 0.241 e. The molecule has 0 unspecified atom stereocenters. The molecule has 1 aliphatic rings. The lowest BCUT2D eigenvalue weighted by molar-refractivity contribution is -0.121. The first-order chi connectivity index (χ1) is 8.58. The molecule has 1 saturated carbocycles. The summed E-state index contributed by atoms with van der Waals surface area (Å²) in [6.45, 7) is 4.76. The number of carbonyl (C=O) groups excluding carboxylic acids is 1. The van der Waals surface area contributed by atoms with E-state index < -0.39 is 0 Å². The van der Waals surface area contributed by atoms with Crippen LogP contribution in [0.15, 0.2) is 0 Å². The number of carbonyl (C=O) groups is 1. The van der Waals surface area contributed by atoms with E-state index in [1.54, 1.807) is 4.68 Å². The lowest BCUT2D eigenvalue weighted by Gasteiger charge is -2.06. The number of nitrogens with zero attached hydrogens (tertiary/aromatic N) is 2. The van der Waals surface area contributed by atoms with Crippen LogP contribution < -0.4 is 11.1 Å². The van der Waals surface area contributed by atoms with Gasteiger partial charge in [0.15, 0.2) is 0 Å². The maximum absolute atomic E-state index is 11.7. The first-order valence-corrected chi connectivity index (χ1v) is 6.64. The highest BCUT2D eigenvalue weighted by molar-refractivity contribution is 5.75. The number of rotatable bonds is 6. The van der Waals surface area contributed by atoms with Crippen LogP contribution >= 0.6 is 0 Å². The molecule has 1 aliphatic carbocycles. The number of amides is 1. The molecule has 1 aromatic heterocycles. The monoisotopic (exact) mass is 250 g/mol. The number of nitrogens with two attached hydrogens (primary N) is 1. The molecule has 0 saturated heterocycles. The fourth-order valence-electron chi connectivity index (χ4n) is 2.08. The smallest absolute Gasteiger partial charge is 0.241 e. The van der Waals surface area contributed by atoms with Gasteiger partial charge in [0, 0.05) is 6.54 Å². The third-order valence-corrected chi connectivity index (χ3v) is 3.54. The Morgan fingerprint density at radius 3 is 2.78 bits per heavy atom. The van der Waals surface area contributed by atoms with Crippen LogP contribution in [0.5, 0.6) is 0 Å². The fourth-order valence-corrected chi connectivity index (χ4v) is 2.08. The maximum atomic E-state index is 11.7. The second-order valence-corrected chi connectivity index (χ2v) is 5.18. The van der Waals surface area contributed by atoms with E-state index in [0.717, 1.165) is 30.3 Å². The van der Waals surface area contributed by atoms with Gasteiger partial charge in [-0.2, -0.15) is 5.10 Å². The van der Waals surface area contributed by atoms with E-state index in [2.05, 4.69) is 10.4 Å². The number of aryl methyl sites for hydroxylation is 1. The third kappa shape index (κ3) is 3.24. The Labute approximate surface area is 108 Å². The number of aromatic nitrogens is 2. The van der Waals surface area contributed by atoms with Gasteiger partial charge >= 0.3 is 0 Å². The zero-order chi connectivity index (χ0) is 13.1. The van der Waals surface area contributed by atoms with E-state index in [1.807, 2.05) is 13.8 Å². The van der Waals surface area contributed by atoms with Crippen LogP contribution in [-0.4, -0.2) is 22.2 Å². The van der Waals surface area contributed by atoms with Gasteiger partial charge in [-0.05, 0) is 32.6 Å². The molecule has 3 N–H and O–H groups in total. The quantitative estimate of drug-likeness (QED) is 0.749. The summed E-state index contributed by atoms with van der Waals surface area (Å²) in [5.74, 6) is 0.939. The number of nitrogen functional groups attached to an aromatic ring is 1. The van der Waals surface area contributed by atoms with Gasteiger partial charge in [-0.25, -0.2) is 0 Å². The highest BCUT2D eigenvalue weighted by atomic mass is 16.2. The van der Waals surface area contributed by atoms with Crippen LogP contribution in [0, 0.1) is 19.8 Å². The standard InChI is InChI=1S/C13H22N4O/c1-9-13(14)10(2)17(16-9)8-12(18)15-7-3-4-11-5-6-11/h11H,3-8,14H2,1-2H3,(H,15,18). The van der Waals surface area contributed by atoms with Crippen molar-refractivity contribution in [2.45, 2.75) is 46.1 Å². The van der Waals surface area contributed by atoms with Crippen molar-refractivity contribution in [3.63, 3.8) is 0 Å². The second-order valence-electron chi connectivity index (χ2n) is 5.18. The molecule has 5 nitrogen and oxygen atoms in total. The molecular formula is C13H22N4O. The molecule has 0 atom stereocenters. The Morgan fingerprint density at radius 2 is 2.22 bits per heavy atom. The van der Waals surface area contributed by atoms with Crippen molar-refractivity contribution in [2.75, 3.05) is 12.3 Å². The highest BCUT2D eigenvalue weighted by Crippen LogP contribution is 2.33. The van der Waals surface area contributed by atoms with Crippen LogP contribution in [0.3, 0.4) is 0 Å². The van der Waals surface area contributed by atoms with Crippen molar-refractivity contribution in [2.24, 2.45) is 5.92 Å². The third-order valence-electron chi connectivity index (χ3n) is 3.54. The topological polar surface area (TPSA) is 72.9 Å². The van der Waals surface area contributed by atoms with E-state index in [4.69, 9.17) is 5.73 Å². The minimum atomic E-state index is 0.0106. The Bertz CT molecular complexity index is 434. The molecule has 2 rings (SSSR count). The Balaban J connectivity index is 1.73. The predicted octanol–water partition coefficient (Wildman–Crippen LogP) is 1.39. The molecule has 1 heterocycles. The van der Waals surface area contributed by atoms with E-state index in [0.29, 0.717) is 5.69 Å². The average Bonchev–Trinajstić information content (AvgIpc) is 3.12. The van der Waals surface area contributed by atoms with E-state index in [1.165, 1.54) is 19.3 Å². The van der Waals surface area contributed by atoms with Crippen LogP contribution in [0.25, 0.3) is 0 Å². The molecule has 100 valence electrons. The van der Waals surface area contributed by atoms with E-state index >= 15 is 0 Å². The van der Waals surface area contributed by atoms with Gasteiger partial charge in [0.05, 0.1) is 17.1 Å². The number of anilines is 1. The molecule has 18 heavy (non-hydrogen) atoms. The summed E-state index contributed by atoms with van der Waals surface area (Å²) in [5.41, 5.74) is 8.15. The zero-order valence-corrected chi connectivity index (χ0v) is 11.2. The van der Waals surface area contributed by atoms with Crippen molar-refractivity contribution in [3.8, 4) is 0 Å². The van der Waals surface area contributed by atoms with Crippen LogP contribution in [-0.2, 0) is 11.3 Å². The Hall–Kier alpha value is -1.52. The van der Waals surface area contributed by atoms with Gasteiger partial charge in [0.1, 0.15) is 6.54 Å².